The molecule has 1 fully saturated rings. The summed E-state index contributed by atoms with van der Waals surface area (Å²) >= 11 is 12.1. The van der Waals surface area contributed by atoms with Crippen molar-refractivity contribution in [1.29, 1.82) is 0 Å². The first-order valence-electron chi connectivity index (χ1n) is 9.32. The van der Waals surface area contributed by atoms with E-state index in [1.165, 1.54) is 11.3 Å². The number of carbonyl (C=O) groups excluding carboxylic acids is 1. The van der Waals surface area contributed by atoms with E-state index in [0.29, 0.717) is 22.3 Å². The van der Waals surface area contributed by atoms with Crippen LogP contribution < -0.4 is 10.2 Å². The fourth-order valence-electron chi connectivity index (χ4n) is 3.19. The van der Waals surface area contributed by atoms with Gasteiger partial charge in [-0.2, -0.15) is 0 Å². The second kappa shape index (κ2) is 9.61. The molecule has 1 aliphatic heterocycles. The summed E-state index contributed by atoms with van der Waals surface area (Å²) in [5.74, 6) is -0.115. The lowest BCUT2D eigenvalue weighted by molar-refractivity contribution is -0.120. The third-order valence-corrected chi connectivity index (χ3v) is 5.54. The number of likely N-dealkylation sites (N-methyl/N-ethyl adjacent to an activating group) is 1. The first kappa shape index (κ1) is 20.9. The number of nitrogens with zero attached hydrogens (tertiary/aromatic N) is 2. The topological polar surface area (TPSA) is 44.8 Å². The predicted octanol–water partition coefficient (Wildman–Crippen LogP) is 4.29. The minimum Gasteiger partial charge on any atom is -0.378 e. The number of nitrogens with one attached hydrogen (secondary N) is 1. The second-order valence-electron chi connectivity index (χ2n) is 6.93. The maximum absolute atomic E-state index is 12.7. The molecule has 150 valence electrons. The monoisotopic (exact) mass is 421 g/mol. The van der Waals surface area contributed by atoms with E-state index in [4.69, 9.17) is 27.9 Å². The SMILES string of the molecule is C[C@@H](C(=O)Nc1ccc(Cl)cc1Cl)N(C)Cc1ccccc1N1CCOCC1. The summed E-state index contributed by atoms with van der Waals surface area (Å²) < 4.78 is 5.46. The van der Waals surface area contributed by atoms with Gasteiger partial charge >= 0.3 is 0 Å². The van der Waals surface area contributed by atoms with Crippen molar-refractivity contribution in [2.75, 3.05) is 43.6 Å². The number of carbonyl (C=O) groups is 1. The maximum Gasteiger partial charge on any atom is 0.241 e. The molecule has 0 aliphatic carbocycles. The molecule has 1 saturated heterocycles. The second-order valence-corrected chi connectivity index (χ2v) is 7.78. The minimum absolute atomic E-state index is 0.115. The molecular formula is C21H25Cl2N3O2. The van der Waals surface area contributed by atoms with Crippen LogP contribution in [0.4, 0.5) is 11.4 Å². The number of anilines is 2. The van der Waals surface area contributed by atoms with Gasteiger partial charge in [0.15, 0.2) is 0 Å². The Balaban J connectivity index is 1.67. The molecule has 1 N–H and O–H groups in total. The van der Waals surface area contributed by atoms with E-state index in [-0.39, 0.29) is 11.9 Å². The number of halogens is 2. The van der Waals surface area contributed by atoms with E-state index >= 15 is 0 Å². The molecule has 1 heterocycles. The molecule has 1 amide bonds. The fraction of sp³-hybridized carbons (Fsp3) is 0.381. The molecule has 2 aromatic carbocycles. The Labute approximate surface area is 176 Å². The Morgan fingerprint density at radius 2 is 1.93 bits per heavy atom. The molecule has 1 aliphatic rings. The molecule has 0 saturated carbocycles. The van der Waals surface area contributed by atoms with Gasteiger partial charge in [0.2, 0.25) is 5.91 Å². The van der Waals surface area contributed by atoms with E-state index in [9.17, 15) is 4.79 Å². The normalized spacial score (nSPS) is 15.5. The summed E-state index contributed by atoms with van der Waals surface area (Å²) in [4.78, 5) is 17.1. The molecule has 28 heavy (non-hydrogen) atoms. The lowest BCUT2D eigenvalue weighted by Gasteiger charge is -2.32. The van der Waals surface area contributed by atoms with Gasteiger partial charge in [0.05, 0.1) is 30.0 Å². The molecule has 7 heteroatoms. The number of ether oxygens (including phenoxy) is 1. The average molecular weight is 422 g/mol. The molecule has 1 atom stereocenters. The Morgan fingerprint density at radius 1 is 1.21 bits per heavy atom. The van der Waals surface area contributed by atoms with Crippen LogP contribution in [0.1, 0.15) is 12.5 Å². The van der Waals surface area contributed by atoms with Gasteiger partial charge in [0, 0.05) is 30.3 Å². The molecule has 5 nitrogen and oxygen atoms in total. The molecular weight excluding hydrogens is 397 g/mol. The molecule has 0 aromatic heterocycles. The number of hydrogen-bond donors (Lipinski definition) is 1. The van der Waals surface area contributed by atoms with E-state index in [0.717, 1.165) is 26.3 Å². The molecule has 0 bridgehead atoms. The molecule has 0 unspecified atom stereocenters. The van der Waals surface area contributed by atoms with Gasteiger partial charge in [-0.25, -0.2) is 0 Å². The summed E-state index contributed by atoms with van der Waals surface area (Å²) in [6.07, 6.45) is 0. The quantitative estimate of drug-likeness (QED) is 0.755. The van der Waals surface area contributed by atoms with Crippen LogP contribution in [0.25, 0.3) is 0 Å². The van der Waals surface area contributed by atoms with Gasteiger partial charge in [-0.3, -0.25) is 9.69 Å². The number of benzene rings is 2. The number of amides is 1. The van der Waals surface area contributed by atoms with Crippen LogP contribution in [-0.4, -0.2) is 50.2 Å². The zero-order chi connectivity index (χ0) is 20.1. The third-order valence-electron chi connectivity index (χ3n) is 4.99. The summed E-state index contributed by atoms with van der Waals surface area (Å²) in [5.41, 5.74) is 2.95. The highest BCUT2D eigenvalue weighted by Crippen LogP contribution is 2.26. The lowest BCUT2D eigenvalue weighted by atomic mass is 10.1. The van der Waals surface area contributed by atoms with Gasteiger partial charge in [-0.15, -0.1) is 0 Å². The van der Waals surface area contributed by atoms with Crippen LogP contribution in [0.5, 0.6) is 0 Å². The van der Waals surface area contributed by atoms with Crippen molar-refractivity contribution < 1.29 is 9.53 Å². The number of rotatable bonds is 6. The van der Waals surface area contributed by atoms with Crippen LogP contribution in [0, 0.1) is 0 Å². The van der Waals surface area contributed by atoms with Crippen molar-refractivity contribution in [3.8, 4) is 0 Å². The lowest BCUT2D eigenvalue weighted by Crippen LogP contribution is -2.40. The Bertz CT molecular complexity index is 825. The summed E-state index contributed by atoms with van der Waals surface area (Å²) in [6.45, 7) is 5.79. The van der Waals surface area contributed by atoms with Gasteiger partial charge in [0.25, 0.3) is 0 Å². The Morgan fingerprint density at radius 3 is 2.64 bits per heavy atom. The van der Waals surface area contributed by atoms with E-state index in [1.807, 2.05) is 31.0 Å². The first-order valence-corrected chi connectivity index (χ1v) is 10.1. The number of hydrogen-bond acceptors (Lipinski definition) is 4. The highest BCUT2D eigenvalue weighted by molar-refractivity contribution is 6.36. The highest BCUT2D eigenvalue weighted by Gasteiger charge is 2.21. The van der Waals surface area contributed by atoms with Crippen molar-refractivity contribution in [2.45, 2.75) is 19.5 Å². The predicted molar refractivity (Wildman–Crippen MR) is 115 cm³/mol. The smallest absolute Gasteiger partial charge is 0.241 e. The van der Waals surface area contributed by atoms with Crippen LogP contribution in [0.2, 0.25) is 10.0 Å². The largest absolute Gasteiger partial charge is 0.378 e. The number of para-hydroxylation sites is 1. The minimum atomic E-state index is -0.329. The van der Waals surface area contributed by atoms with Gasteiger partial charge < -0.3 is 15.0 Å². The van der Waals surface area contributed by atoms with Crippen molar-refractivity contribution in [3.05, 3.63) is 58.1 Å². The van der Waals surface area contributed by atoms with Crippen LogP contribution in [-0.2, 0) is 16.1 Å². The Hall–Kier alpha value is -1.79. The van der Waals surface area contributed by atoms with E-state index in [1.54, 1.807) is 18.2 Å². The van der Waals surface area contributed by atoms with E-state index in [2.05, 4.69) is 22.3 Å². The standard InChI is InChI=1S/C21H25Cl2N3O2/c1-15(21(27)24-19-8-7-17(22)13-18(19)23)25(2)14-16-5-3-4-6-20(16)26-9-11-28-12-10-26/h3-8,13,15H,9-12,14H2,1-2H3,(H,24,27)/t15-/m0/s1. The molecule has 0 spiro atoms. The van der Waals surface area contributed by atoms with Crippen molar-refractivity contribution >= 4 is 40.5 Å². The summed E-state index contributed by atoms with van der Waals surface area (Å²) in [7, 11) is 1.95. The third kappa shape index (κ3) is 5.17. The van der Waals surface area contributed by atoms with Crippen molar-refractivity contribution in [3.63, 3.8) is 0 Å². The first-order chi connectivity index (χ1) is 13.5. The fourth-order valence-corrected chi connectivity index (χ4v) is 3.65. The molecule has 0 radical (unpaired) electrons. The number of morpholine rings is 1. The highest BCUT2D eigenvalue weighted by atomic mass is 35.5. The van der Waals surface area contributed by atoms with E-state index < -0.39 is 0 Å². The van der Waals surface area contributed by atoms with Crippen LogP contribution >= 0.6 is 23.2 Å². The van der Waals surface area contributed by atoms with Gasteiger partial charge in [-0.05, 0) is 43.8 Å². The van der Waals surface area contributed by atoms with Crippen LogP contribution in [0.15, 0.2) is 42.5 Å². The van der Waals surface area contributed by atoms with Gasteiger partial charge in [0.1, 0.15) is 0 Å². The van der Waals surface area contributed by atoms with Crippen molar-refractivity contribution in [1.82, 2.24) is 4.90 Å². The molecule has 3 rings (SSSR count). The average Bonchev–Trinajstić information content (AvgIpc) is 2.70. The summed E-state index contributed by atoms with van der Waals surface area (Å²) in [6, 6.07) is 13.0. The van der Waals surface area contributed by atoms with Crippen LogP contribution in [0.3, 0.4) is 0 Å². The van der Waals surface area contributed by atoms with Crippen molar-refractivity contribution in [2.24, 2.45) is 0 Å². The molecule has 2 aromatic rings. The maximum atomic E-state index is 12.7. The Kier molecular flexibility index (Phi) is 7.18. The zero-order valence-corrected chi connectivity index (χ0v) is 17.6. The summed E-state index contributed by atoms with van der Waals surface area (Å²) in [5, 5.41) is 3.84. The zero-order valence-electron chi connectivity index (χ0n) is 16.1. The van der Waals surface area contributed by atoms with Gasteiger partial charge in [-0.1, -0.05) is 41.4 Å².